The summed E-state index contributed by atoms with van der Waals surface area (Å²) < 4.78 is 41.9. The number of hydrogen-bond acceptors (Lipinski definition) is 3. The van der Waals surface area contributed by atoms with E-state index in [1.807, 2.05) is 12.1 Å². The number of anilines is 1. The number of fused-ring (bicyclic) bond motifs is 2. The Balaban J connectivity index is 1.68. The molecule has 0 aliphatic rings. The Morgan fingerprint density at radius 3 is 2.38 bits per heavy atom. The van der Waals surface area contributed by atoms with E-state index in [1.165, 1.54) is 0 Å². The highest BCUT2D eigenvalue weighted by atomic mass is 35.5. The van der Waals surface area contributed by atoms with Gasteiger partial charge in [0.25, 0.3) is 0 Å². The van der Waals surface area contributed by atoms with Gasteiger partial charge in [-0.25, -0.2) is 4.98 Å². The van der Waals surface area contributed by atoms with E-state index in [2.05, 4.69) is 4.98 Å². The lowest BCUT2D eigenvalue weighted by atomic mass is 10.1. The van der Waals surface area contributed by atoms with E-state index >= 15 is 0 Å². The molecule has 0 unspecified atom stereocenters. The van der Waals surface area contributed by atoms with Gasteiger partial charge in [0.1, 0.15) is 5.75 Å². The molecule has 3 nitrogen and oxygen atoms in total. The molecular formula is C19H18ClF3N2O. The van der Waals surface area contributed by atoms with Crippen molar-refractivity contribution in [3.8, 4) is 5.75 Å². The molecule has 2 N–H and O–H groups in total. The van der Waals surface area contributed by atoms with Gasteiger partial charge in [0.05, 0.1) is 23.3 Å². The maximum Gasteiger partial charge on any atom is 0.389 e. The van der Waals surface area contributed by atoms with E-state index in [0.29, 0.717) is 46.9 Å². The predicted molar refractivity (Wildman–Crippen MR) is 98.7 cm³/mol. The molecule has 0 radical (unpaired) electrons. The molecule has 0 aliphatic carbocycles. The van der Waals surface area contributed by atoms with Crippen LogP contribution in [0.4, 0.5) is 18.9 Å². The summed E-state index contributed by atoms with van der Waals surface area (Å²) in [5.74, 6) is 0.613. The first-order valence-corrected chi connectivity index (χ1v) is 8.69. The lowest BCUT2D eigenvalue weighted by Crippen LogP contribution is -2.06. The molecule has 0 aliphatic heterocycles. The van der Waals surface area contributed by atoms with Gasteiger partial charge in [-0.2, -0.15) is 13.2 Å². The Morgan fingerprint density at radius 2 is 1.65 bits per heavy atom. The SMILES string of the molecule is Nc1c2ccc(Cl)cc2nc2cc(OCCCCCC(F)(F)F)ccc12. The number of benzene rings is 2. The Bertz CT molecular complexity index is 928. The van der Waals surface area contributed by atoms with Crippen LogP contribution in [0, 0.1) is 0 Å². The fourth-order valence-electron chi connectivity index (χ4n) is 2.82. The van der Waals surface area contributed by atoms with Crippen LogP contribution in [0.5, 0.6) is 5.75 Å². The lowest BCUT2D eigenvalue weighted by Gasteiger charge is -2.10. The molecule has 7 heteroatoms. The molecule has 0 amide bonds. The van der Waals surface area contributed by atoms with Crippen LogP contribution in [0.1, 0.15) is 25.7 Å². The molecule has 0 saturated carbocycles. The first-order valence-electron chi connectivity index (χ1n) is 8.31. The van der Waals surface area contributed by atoms with Crippen molar-refractivity contribution in [3.63, 3.8) is 0 Å². The molecule has 0 atom stereocenters. The Hall–Kier alpha value is -2.21. The van der Waals surface area contributed by atoms with Gasteiger partial charge in [0, 0.05) is 28.3 Å². The van der Waals surface area contributed by atoms with Crippen molar-refractivity contribution >= 4 is 39.1 Å². The molecule has 26 heavy (non-hydrogen) atoms. The molecule has 138 valence electrons. The largest absolute Gasteiger partial charge is 0.494 e. The summed E-state index contributed by atoms with van der Waals surface area (Å²) >= 11 is 6.02. The smallest absolute Gasteiger partial charge is 0.389 e. The van der Waals surface area contributed by atoms with Gasteiger partial charge in [0.15, 0.2) is 0 Å². The Labute approximate surface area is 153 Å². The number of nitrogens with two attached hydrogens (primary N) is 1. The third kappa shape index (κ3) is 4.49. The first-order chi connectivity index (χ1) is 12.3. The number of halogens is 4. The van der Waals surface area contributed by atoms with Crippen molar-refractivity contribution in [1.29, 1.82) is 0 Å². The van der Waals surface area contributed by atoms with E-state index in [-0.39, 0.29) is 6.42 Å². The summed E-state index contributed by atoms with van der Waals surface area (Å²) in [4.78, 5) is 4.58. The highest BCUT2D eigenvalue weighted by Gasteiger charge is 2.25. The van der Waals surface area contributed by atoms with Crippen LogP contribution in [0.15, 0.2) is 36.4 Å². The minimum Gasteiger partial charge on any atom is -0.494 e. The third-order valence-corrected chi connectivity index (χ3v) is 4.36. The van der Waals surface area contributed by atoms with Crippen LogP contribution in [0.3, 0.4) is 0 Å². The normalized spacial score (nSPS) is 12.0. The molecule has 3 aromatic rings. The van der Waals surface area contributed by atoms with Crippen molar-refractivity contribution in [2.75, 3.05) is 12.3 Å². The van der Waals surface area contributed by atoms with E-state index < -0.39 is 12.6 Å². The molecular weight excluding hydrogens is 365 g/mol. The number of hydrogen-bond donors (Lipinski definition) is 1. The number of alkyl halides is 3. The van der Waals surface area contributed by atoms with Crippen molar-refractivity contribution in [2.45, 2.75) is 31.9 Å². The van der Waals surface area contributed by atoms with E-state index in [4.69, 9.17) is 22.1 Å². The van der Waals surface area contributed by atoms with E-state index in [0.717, 1.165) is 10.8 Å². The summed E-state index contributed by atoms with van der Waals surface area (Å²) in [6.07, 6.45) is -3.67. The molecule has 0 saturated heterocycles. The number of pyridine rings is 1. The topological polar surface area (TPSA) is 48.1 Å². The van der Waals surface area contributed by atoms with Crippen molar-refractivity contribution < 1.29 is 17.9 Å². The number of nitrogen functional groups attached to an aromatic ring is 1. The molecule has 2 aromatic carbocycles. The summed E-state index contributed by atoms with van der Waals surface area (Å²) in [7, 11) is 0. The molecule has 0 fully saturated rings. The molecule has 1 aromatic heterocycles. The summed E-state index contributed by atoms with van der Waals surface area (Å²) in [5.41, 5.74) is 8.24. The number of nitrogens with zero attached hydrogens (tertiary/aromatic N) is 1. The molecule has 0 spiro atoms. The van der Waals surface area contributed by atoms with Gasteiger partial charge >= 0.3 is 6.18 Å². The minimum absolute atomic E-state index is 0.120. The highest BCUT2D eigenvalue weighted by Crippen LogP contribution is 2.31. The average Bonchev–Trinajstić information content (AvgIpc) is 2.56. The average molecular weight is 383 g/mol. The van der Waals surface area contributed by atoms with Crippen LogP contribution >= 0.6 is 11.6 Å². The summed E-state index contributed by atoms with van der Waals surface area (Å²) in [6.45, 7) is 0.359. The Morgan fingerprint density at radius 1 is 0.962 bits per heavy atom. The zero-order chi connectivity index (χ0) is 18.7. The van der Waals surface area contributed by atoms with Crippen LogP contribution in [0.25, 0.3) is 21.8 Å². The second kappa shape index (κ2) is 7.58. The quantitative estimate of drug-likeness (QED) is 0.412. The summed E-state index contributed by atoms with van der Waals surface area (Å²) in [6, 6.07) is 10.8. The van der Waals surface area contributed by atoms with Crippen molar-refractivity contribution in [2.24, 2.45) is 0 Å². The van der Waals surface area contributed by atoms with Crippen LogP contribution in [0.2, 0.25) is 5.02 Å². The van der Waals surface area contributed by atoms with Crippen molar-refractivity contribution in [1.82, 2.24) is 4.98 Å². The van der Waals surface area contributed by atoms with Crippen molar-refractivity contribution in [3.05, 3.63) is 41.4 Å². The van der Waals surface area contributed by atoms with Crippen LogP contribution in [-0.4, -0.2) is 17.8 Å². The summed E-state index contributed by atoms with van der Waals surface area (Å²) in [5, 5.41) is 2.23. The number of unbranched alkanes of at least 4 members (excludes halogenated alkanes) is 2. The fraction of sp³-hybridized carbons (Fsp3) is 0.316. The molecule has 1 heterocycles. The van der Waals surface area contributed by atoms with E-state index in [1.54, 1.807) is 24.3 Å². The van der Waals surface area contributed by atoms with Gasteiger partial charge in [-0.15, -0.1) is 0 Å². The predicted octanol–water partition coefficient (Wildman–Crippen LogP) is 6.13. The fourth-order valence-corrected chi connectivity index (χ4v) is 2.98. The number of ether oxygens (including phenoxy) is 1. The zero-order valence-electron chi connectivity index (χ0n) is 13.9. The molecule has 3 rings (SSSR count). The van der Waals surface area contributed by atoms with Gasteiger partial charge in [-0.3, -0.25) is 0 Å². The third-order valence-electron chi connectivity index (χ3n) is 4.12. The highest BCUT2D eigenvalue weighted by molar-refractivity contribution is 6.31. The van der Waals surface area contributed by atoms with E-state index in [9.17, 15) is 13.2 Å². The zero-order valence-corrected chi connectivity index (χ0v) is 14.7. The number of rotatable bonds is 6. The Kier molecular flexibility index (Phi) is 5.41. The maximum atomic E-state index is 12.1. The minimum atomic E-state index is -4.09. The maximum absolute atomic E-state index is 12.1. The van der Waals surface area contributed by atoms with Gasteiger partial charge in [-0.1, -0.05) is 11.6 Å². The van der Waals surface area contributed by atoms with Gasteiger partial charge in [0.2, 0.25) is 0 Å². The molecule has 0 bridgehead atoms. The monoisotopic (exact) mass is 382 g/mol. The number of aromatic nitrogens is 1. The van der Waals surface area contributed by atoms with Crippen LogP contribution in [-0.2, 0) is 0 Å². The standard InChI is InChI=1S/C19H18ClF3N2O/c20-12-4-6-14-16(10-12)25-17-11-13(5-7-15(17)18(14)24)26-9-3-1-2-8-19(21,22)23/h4-7,10-11H,1-3,8-9H2,(H2,24,25). The second-order valence-electron chi connectivity index (χ2n) is 6.14. The van der Waals surface area contributed by atoms with Gasteiger partial charge < -0.3 is 10.5 Å². The first kappa shape index (κ1) is 18.6. The van der Waals surface area contributed by atoms with Gasteiger partial charge in [-0.05, 0) is 49.6 Å². The van der Waals surface area contributed by atoms with Crippen LogP contribution < -0.4 is 10.5 Å². The second-order valence-corrected chi connectivity index (χ2v) is 6.58. The lowest BCUT2D eigenvalue weighted by molar-refractivity contribution is -0.135.